The number of aromatic nitrogens is 1. The Morgan fingerprint density at radius 1 is 1.00 bits per heavy atom. The molecule has 6 nitrogen and oxygen atoms in total. The molecule has 0 radical (unpaired) electrons. The lowest BCUT2D eigenvalue weighted by Gasteiger charge is -2.29. The van der Waals surface area contributed by atoms with Crippen molar-refractivity contribution in [2.75, 3.05) is 36.4 Å². The van der Waals surface area contributed by atoms with Gasteiger partial charge in [-0.1, -0.05) is 18.6 Å². The van der Waals surface area contributed by atoms with Gasteiger partial charge in [-0.2, -0.15) is 0 Å². The first-order chi connectivity index (χ1) is 15.3. The highest BCUT2D eigenvalue weighted by molar-refractivity contribution is 5.62. The van der Waals surface area contributed by atoms with Crippen LogP contribution in [0.25, 0.3) is 11.3 Å². The van der Waals surface area contributed by atoms with E-state index in [4.69, 9.17) is 9.15 Å². The second-order valence-corrected chi connectivity index (χ2v) is 8.34. The summed E-state index contributed by atoms with van der Waals surface area (Å²) in [7, 11) is 0. The average molecular weight is 419 g/mol. The molecule has 2 aromatic carbocycles. The first-order valence-corrected chi connectivity index (χ1v) is 11.4. The third-order valence-electron chi connectivity index (χ3n) is 6.08. The molecule has 0 atom stereocenters. The van der Waals surface area contributed by atoms with Crippen molar-refractivity contribution >= 4 is 17.4 Å². The van der Waals surface area contributed by atoms with Gasteiger partial charge in [0, 0.05) is 43.1 Å². The molecule has 0 amide bonds. The average Bonchev–Trinajstić information content (AvgIpc) is 3.30. The first-order valence-electron chi connectivity index (χ1n) is 11.4. The molecule has 2 aliphatic rings. The Labute approximate surface area is 183 Å². The van der Waals surface area contributed by atoms with E-state index in [2.05, 4.69) is 44.8 Å². The largest absolute Gasteiger partial charge is 0.490 e. The van der Waals surface area contributed by atoms with E-state index in [1.165, 1.54) is 24.9 Å². The summed E-state index contributed by atoms with van der Waals surface area (Å²) in [5.74, 6) is 1.63. The Morgan fingerprint density at radius 3 is 2.61 bits per heavy atom. The number of piperazine rings is 1. The van der Waals surface area contributed by atoms with Crippen LogP contribution in [0.2, 0.25) is 0 Å². The van der Waals surface area contributed by atoms with Gasteiger partial charge in [-0.05, 0) is 62.1 Å². The maximum absolute atomic E-state index is 6.20. The number of nitrogens with zero attached hydrogens (tertiary/aromatic N) is 2. The maximum atomic E-state index is 6.20. The zero-order valence-corrected chi connectivity index (χ0v) is 17.8. The number of rotatable bonds is 6. The zero-order valence-electron chi connectivity index (χ0n) is 17.8. The van der Waals surface area contributed by atoms with Crippen molar-refractivity contribution in [2.24, 2.45) is 0 Å². The van der Waals surface area contributed by atoms with Gasteiger partial charge in [-0.15, -0.1) is 0 Å². The Morgan fingerprint density at radius 2 is 1.81 bits per heavy atom. The van der Waals surface area contributed by atoms with Gasteiger partial charge in [0.2, 0.25) is 0 Å². The molecule has 6 heteroatoms. The van der Waals surface area contributed by atoms with Crippen LogP contribution in [0, 0.1) is 0 Å². The third kappa shape index (κ3) is 5.02. The number of hydrogen-bond acceptors (Lipinski definition) is 6. The van der Waals surface area contributed by atoms with Crippen molar-refractivity contribution in [3.63, 3.8) is 0 Å². The minimum absolute atomic E-state index is 0.333. The lowest BCUT2D eigenvalue weighted by Crippen LogP contribution is -2.43. The van der Waals surface area contributed by atoms with Crippen molar-refractivity contribution in [3.05, 3.63) is 54.7 Å². The Hall–Kier alpha value is -2.99. The summed E-state index contributed by atoms with van der Waals surface area (Å²) in [5, 5.41) is 6.65. The quantitative estimate of drug-likeness (QED) is 0.573. The maximum Gasteiger partial charge on any atom is 0.299 e. The van der Waals surface area contributed by atoms with Gasteiger partial charge in [-0.25, -0.2) is 4.98 Å². The molecular formula is C25H30N4O2. The van der Waals surface area contributed by atoms with Crippen molar-refractivity contribution in [3.8, 4) is 17.1 Å². The summed E-state index contributed by atoms with van der Waals surface area (Å²) in [4.78, 5) is 6.80. The molecule has 0 bridgehead atoms. The predicted molar refractivity (Wildman–Crippen MR) is 124 cm³/mol. The van der Waals surface area contributed by atoms with Crippen LogP contribution in [-0.4, -0.2) is 37.3 Å². The summed E-state index contributed by atoms with van der Waals surface area (Å²) >= 11 is 0. The van der Waals surface area contributed by atoms with Crippen LogP contribution >= 0.6 is 0 Å². The number of hydrogen-bond donors (Lipinski definition) is 2. The summed E-state index contributed by atoms with van der Waals surface area (Å²) in [6, 6.07) is 17.0. The first kappa shape index (κ1) is 19.9. The minimum atomic E-state index is 0.333. The Bertz CT molecular complexity index is 973. The second-order valence-electron chi connectivity index (χ2n) is 8.34. The molecule has 1 aliphatic carbocycles. The fourth-order valence-electron chi connectivity index (χ4n) is 4.37. The smallest absolute Gasteiger partial charge is 0.299 e. The number of oxazole rings is 1. The normalized spacial score (nSPS) is 17.5. The molecular weight excluding hydrogens is 388 g/mol. The van der Waals surface area contributed by atoms with E-state index >= 15 is 0 Å². The standard InChI is InChI=1S/C25H30N4O2/c1-2-6-22(7-3-1)30-23-8-4-5-19(17-23)24-18-27-25(31-24)28-20-9-11-21(12-10-20)29-15-13-26-14-16-29/h4-5,8-12,17-18,22,26H,1-3,6-7,13-16H2,(H,27,28). The SMILES string of the molecule is c1cc(OC2CCCCC2)cc(-c2cnc(Nc3ccc(N4CCNCC4)cc3)o2)c1. The fraction of sp³-hybridized carbons (Fsp3) is 0.400. The molecule has 1 aromatic heterocycles. The van der Waals surface area contributed by atoms with Gasteiger partial charge in [0.25, 0.3) is 6.01 Å². The molecule has 162 valence electrons. The molecule has 2 N–H and O–H groups in total. The van der Waals surface area contributed by atoms with E-state index in [1.54, 1.807) is 6.20 Å². The van der Waals surface area contributed by atoms with E-state index in [9.17, 15) is 0 Å². The van der Waals surface area contributed by atoms with Gasteiger partial charge >= 0.3 is 0 Å². The van der Waals surface area contributed by atoms with Gasteiger partial charge in [0.1, 0.15) is 5.75 Å². The van der Waals surface area contributed by atoms with E-state index in [0.717, 1.165) is 61.8 Å². The van der Waals surface area contributed by atoms with Crippen LogP contribution < -0.4 is 20.3 Å². The lowest BCUT2D eigenvalue weighted by molar-refractivity contribution is 0.155. The van der Waals surface area contributed by atoms with Crippen molar-refractivity contribution in [1.29, 1.82) is 0 Å². The number of ether oxygens (including phenoxy) is 1. The monoisotopic (exact) mass is 418 g/mol. The van der Waals surface area contributed by atoms with Crippen LogP contribution in [0.4, 0.5) is 17.4 Å². The number of anilines is 3. The predicted octanol–water partition coefficient (Wildman–Crippen LogP) is 5.21. The Kier molecular flexibility index (Phi) is 6.07. The molecule has 1 saturated heterocycles. The van der Waals surface area contributed by atoms with Gasteiger partial charge in [0.15, 0.2) is 5.76 Å². The summed E-state index contributed by atoms with van der Waals surface area (Å²) in [6.07, 6.45) is 8.24. The van der Waals surface area contributed by atoms with Crippen LogP contribution in [0.15, 0.2) is 59.1 Å². The Balaban J connectivity index is 1.23. The zero-order chi connectivity index (χ0) is 20.9. The number of nitrogens with one attached hydrogen (secondary N) is 2. The van der Waals surface area contributed by atoms with Crippen molar-refractivity contribution in [2.45, 2.75) is 38.2 Å². The highest BCUT2D eigenvalue weighted by Gasteiger charge is 2.16. The van der Waals surface area contributed by atoms with E-state index in [-0.39, 0.29) is 0 Å². The fourth-order valence-corrected chi connectivity index (χ4v) is 4.37. The van der Waals surface area contributed by atoms with Crippen LogP contribution in [-0.2, 0) is 0 Å². The molecule has 5 rings (SSSR count). The van der Waals surface area contributed by atoms with Crippen molar-refractivity contribution < 1.29 is 9.15 Å². The second kappa shape index (κ2) is 9.43. The summed E-state index contributed by atoms with van der Waals surface area (Å²) in [5.41, 5.74) is 3.18. The number of benzene rings is 2. The molecule has 2 heterocycles. The molecule has 0 spiro atoms. The summed E-state index contributed by atoms with van der Waals surface area (Å²) < 4.78 is 12.2. The van der Waals surface area contributed by atoms with Crippen LogP contribution in [0.5, 0.6) is 5.75 Å². The minimum Gasteiger partial charge on any atom is -0.490 e. The summed E-state index contributed by atoms with van der Waals surface area (Å²) in [6.45, 7) is 4.15. The van der Waals surface area contributed by atoms with E-state index in [1.807, 2.05) is 24.3 Å². The third-order valence-corrected chi connectivity index (χ3v) is 6.08. The van der Waals surface area contributed by atoms with E-state index < -0.39 is 0 Å². The molecule has 3 aromatic rings. The lowest BCUT2D eigenvalue weighted by atomic mass is 9.98. The molecule has 1 aliphatic heterocycles. The van der Waals surface area contributed by atoms with Gasteiger partial charge in [0.05, 0.1) is 12.3 Å². The van der Waals surface area contributed by atoms with Gasteiger partial charge in [-0.3, -0.25) is 0 Å². The highest BCUT2D eigenvalue weighted by atomic mass is 16.5. The molecule has 2 fully saturated rings. The van der Waals surface area contributed by atoms with Gasteiger partial charge < -0.3 is 24.7 Å². The molecule has 1 saturated carbocycles. The topological polar surface area (TPSA) is 62.6 Å². The van der Waals surface area contributed by atoms with E-state index in [0.29, 0.717) is 12.1 Å². The van der Waals surface area contributed by atoms with Crippen molar-refractivity contribution in [1.82, 2.24) is 10.3 Å². The van der Waals surface area contributed by atoms with Crippen LogP contribution in [0.1, 0.15) is 32.1 Å². The highest BCUT2D eigenvalue weighted by Crippen LogP contribution is 2.30. The molecule has 31 heavy (non-hydrogen) atoms. The van der Waals surface area contributed by atoms with Crippen LogP contribution in [0.3, 0.4) is 0 Å². The molecule has 0 unspecified atom stereocenters.